The first kappa shape index (κ1) is 15.2. The third-order valence-corrected chi connectivity index (χ3v) is 5.48. The third-order valence-electron chi connectivity index (χ3n) is 3.01. The molecule has 0 unspecified atom stereocenters. The Kier molecular flexibility index (Phi) is 4.59. The van der Waals surface area contributed by atoms with Crippen LogP contribution < -0.4 is 4.72 Å². The topological polar surface area (TPSA) is 67.2 Å². The highest BCUT2D eigenvalue weighted by atomic mass is 32.2. The molecule has 2 aromatic rings. The molecule has 0 aliphatic heterocycles. The number of aromatic nitrogens is 2. The molecular formula is C12H18N4O2S2. The van der Waals surface area contributed by atoms with Gasteiger partial charge in [-0.2, -0.15) is 5.10 Å². The number of thiophene rings is 1. The van der Waals surface area contributed by atoms with Gasteiger partial charge in [0.05, 0.1) is 12.2 Å². The number of rotatable bonds is 6. The fraction of sp³-hybridized carbons (Fsp3) is 0.417. The van der Waals surface area contributed by atoms with E-state index in [4.69, 9.17) is 0 Å². The van der Waals surface area contributed by atoms with Crippen LogP contribution in [-0.4, -0.2) is 43.7 Å². The van der Waals surface area contributed by atoms with Gasteiger partial charge in [-0.05, 0) is 31.6 Å². The van der Waals surface area contributed by atoms with Gasteiger partial charge in [0.1, 0.15) is 0 Å². The highest BCUT2D eigenvalue weighted by Gasteiger charge is 2.22. The molecule has 0 saturated carbocycles. The third kappa shape index (κ3) is 3.26. The lowest BCUT2D eigenvalue weighted by atomic mass is 10.2. The largest absolute Gasteiger partial charge is 0.300 e. The summed E-state index contributed by atoms with van der Waals surface area (Å²) in [5.41, 5.74) is 0. The predicted molar refractivity (Wildman–Crippen MR) is 79.1 cm³/mol. The van der Waals surface area contributed by atoms with Crippen molar-refractivity contribution in [1.82, 2.24) is 19.4 Å². The lowest BCUT2D eigenvalue weighted by Crippen LogP contribution is -2.34. The highest BCUT2D eigenvalue weighted by molar-refractivity contribution is 7.89. The molecule has 0 bridgehead atoms. The monoisotopic (exact) mass is 314 g/mol. The first-order chi connectivity index (χ1) is 9.42. The van der Waals surface area contributed by atoms with E-state index in [1.807, 2.05) is 36.5 Å². The summed E-state index contributed by atoms with van der Waals surface area (Å²) in [5.74, 6) is 0. The molecule has 2 rings (SSSR count). The maximum Gasteiger partial charge on any atom is 0.257 e. The number of hydrogen-bond acceptors (Lipinski definition) is 5. The summed E-state index contributed by atoms with van der Waals surface area (Å²) in [4.78, 5) is 3.13. The van der Waals surface area contributed by atoms with Crippen molar-refractivity contribution in [3.63, 3.8) is 0 Å². The van der Waals surface area contributed by atoms with Gasteiger partial charge in [-0.15, -0.1) is 11.3 Å². The van der Waals surface area contributed by atoms with Gasteiger partial charge in [-0.1, -0.05) is 6.07 Å². The molecule has 0 spiro atoms. The van der Waals surface area contributed by atoms with Crippen LogP contribution in [0.15, 0.2) is 34.8 Å². The lowest BCUT2D eigenvalue weighted by Gasteiger charge is -2.23. The number of likely N-dealkylation sites (N-methyl/N-ethyl adjacent to an activating group) is 1. The summed E-state index contributed by atoms with van der Waals surface area (Å²) in [7, 11) is 1.94. The minimum absolute atomic E-state index is 0.0120. The van der Waals surface area contributed by atoms with Crippen molar-refractivity contribution in [3.8, 4) is 0 Å². The van der Waals surface area contributed by atoms with Crippen molar-refractivity contribution in [2.45, 2.75) is 11.1 Å². The summed E-state index contributed by atoms with van der Waals surface area (Å²) >= 11 is 1.62. The van der Waals surface area contributed by atoms with Gasteiger partial charge in [0, 0.05) is 18.5 Å². The molecule has 8 heteroatoms. The molecule has 1 atom stereocenters. The van der Waals surface area contributed by atoms with Gasteiger partial charge in [0.2, 0.25) is 0 Å². The van der Waals surface area contributed by atoms with E-state index in [9.17, 15) is 8.42 Å². The molecule has 0 amide bonds. The molecule has 0 radical (unpaired) electrons. The van der Waals surface area contributed by atoms with Crippen molar-refractivity contribution in [2.24, 2.45) is 7.05 Å². The second-order valence-electron chi connectivity index (χ2n) is 4.64. The molecule has 2 aromatic heterocycles. The van der Waals surface area contributed by atoms with Gasteiger partial charge < -0.3 is 4.90 Å². The first-order valence-electron chi connectivity index (χ1n) is 6.09. The lowest BCUT2D eigenvalue weighted by molar-refractivity contribution is 0.303. The van der Waals surface area contributed by atoms with E-state index in [1.165, 1.54) is 16.9 Å². The maximum atomic E-state index is 12.2. The fourth-order valence-electron chi connectivity index (χ4n) is 1.91. The highest BCUT2D eigenvalue weighted by Crippen LogP contribution is 2.22. The van der Waals surface area contributed by atoms with Crippen LogP contribution in [0, 0.1) is 0 Å². The van der Waals surface area contributed by atoms with Crippen molar-refractivity contribution < 1.29 is 8.42 Å². The van der Waals surface area contributed by atoms with Crippen molar-refractivity contribution in [2.75, 3.05) is 20.6 Å². The number of nitrogens with zero attached hydrogens (tertiary/aromatic N) is 3. The van der Waals surface area contributed by atoms with E-state index in [0.29, 0.717) is 6.54 Å². The Labute approximate surface area is 123 Å². The Morgan fingerprint density at radius 3 is 2.70 bits per heavy atom. The van der Waals surface area contributed by atoms with Crippen LogP contribution >= 0.6 is 11.3 Å². The number of nitrogens with one attached hydrogen (secondary N) is 1. The molecule has 0 fully saturated rings. The quantitative estimate of drug-likeness (QED) is 0.866. The second kappa shape index (κ2) is 6.04. The molecular weight excluding hydrogens is 296 g/mol. The Morgan fingerprint density at radius 1 is 1.45 bits per heavy atom. The molecule has 6 nitrogen and oxygen atoms in total. The predicted octanol–water partition coefficient (Wildman–Crippen LogP) is 1.06. The Bertz CT molecular complexity index is 647. The molecule has 110 valence electrons. The van der Waals surface area contributed by atoms with Gasteiger partial charge in [-0.3, -0.25) is 4.68 Å². The summed E-state index contributed by atoms with van der Waals surface area (Å²) in [6, 6.07) is 5.47. The zero-order valence-electron chi connectivity index (χ0n) is 11.6. The van der Waals surface area contributed by atoms with Crippen LogP contribution in [0.2, 0.25) is 0 Å². The van der Waals surface area contributed by atoms with E-state index < -0.39 is 10.0 Å². The van der Waals surface area contributed by atoms with Gasteiger partial charge in [-0.25, -0.2) is 13.1 Å². The average Bonchev–Trinajstić information content (AvgIpc) is 3.00. The fourth-order valence-corrected chi connectivity index (χ4v) is 3.99. The van der Waals surface area contributed by atoms with E-state index in [2.05, 4.69) is 9.82 Å². The Morgan fingerprint density at radius 2 is 2.20 bits per heavy atom. The molecule has 0 aliphatic rings. The van der Waals surface area contributed by atoms with Crippen molar-refractivity contribution >= 4 is 21.4 Å². The normalized spacial score (nSPS) is 13.8. The van der Waals surface area contributed by atoms with Gasteiger partial charge in [0.15, 0.2) is 5.03 Å². The summed E-state index contributed by atoms with van der Waals surface area (Å²) in [6.45, 7) is 0.320. The molecule has 0 saturated heterocycles. The van der Waals surface area contributed by atoms with E-state index in [1.54, 1.807) is 18.4 Å². The Balaban J connectivity index is 2.12. The molecule has 0 aliphatic carbocycles. The SMILES string of the molecule is CN(C)[C@@H](CNS(=O)(=O)c1ccnn1C)c1cccs1. The number of hydrogen-bond donors (Lipinski definition) is 1. The van der Waals surface area contributed by atoms with Crippen LogP contribution in [0.5, 0.6) is 0 Å². The molecule has 1 N–H and O–H groups in total. The van der Waals surface area contributed by atoms with Crippen LogP contribution in [0.25, 0.3) is 0 Å². The van der Waals surface area contributed by atoms with Crippen molar-refractivity contribution in [3.05, 3.63) is 34.7 Å². The molecule has 2 heterocycles. The van der Waals surface area contributed by atoms with Crippen LogP contribution in [0.4, 0.5) is 0 Å². The van der Waals surface area contributed by atoms with Crippen molar-refractivity contribution in [1.29, 1.82) is 0 Å². The van der Waals surface area contributed by atoms with Crippen LogP contribution in [-0.2, 0) is 17.1 Å². The van der Waals surface area contributed by atoms with Crippen LogP contribution in [0.1, 0.15) is 10.9 Å². The zero-order chi connectivity index (χ0) is 14.8. The maximum absolute atomic E-state index is 12.2. The zero-order valence-corrected chi connectivity index (χ0v) is 13.3. The van der Waals surface area contributed by atoms with Gasteiger partial charge in [0.25, 0.3) is 10.0 Å². The summed E-state index contributed by atoms with van der Waals surface area (Å²) < 4.78 is 28.4. The van der Waals surface area contributed by atoms with Gasteiger partial charge >= 0.3 is 0 Å². The Hall–Kier alpha value is -1.22. The number of aryl methyl sites for hydroxylation is 1. The molecule has 0 aromatic carbocycles. The molecule has 20 heavy (non-hydrogen) atoms. The second-order valence-corrected chi connectivity index (χ2v) is 7.33. The van der Waals surface area contributed by atoms with E-state index in [-0.39, 0.29) is 11.1 Å². The summed E-state index contributed by atoms with van der Waals surface area (Å²) in [5, 5.41) is 6.04. The van der Waals surface area contributed by atoms with Crippen LogP contribution in [0.3, 0.4) is 0 Å². The number of sulfonamides is 1. The standard InChI is InChI=1S/C12H18N4O2S2/c1-15(2)10(11-5-4-8-19-11)9-14-20(17,18)12-6-7-13-16(12)3/h4-8,10,14H,9H2,1-3H3/t10-/m0/s1. The minimum Gasteiger partial charge on any atom is -0.300 e. The smallest absolute Gasteiger partial charge is 0.257 e. The van der Waals surface area contributed by atoms with E-state index >= 15 is 0 Å². The minimum atomic E-state index is -3.54. The van der Waals surface area contributed by atoms with E-state index in [0.717, 1.165) is 4.88 Å². The summed E-state index contributed by atoms with van der Waals surface area (Å²) in [6.07, 6.45) is 1.47. The first-order valence-corrected chi connectivity index (χ1v) is 8.45. The average molecular weight is 314 g/mol.